The van der Waals surface area contributed by atoms with Crippen molar-refractivity contribution in [2.24, 2.45) is 5.92 Å². The molecule has 0 aliphatic carbocycles. The molecule has 1 N–H and O–H groups in total. The van der Waals surface area contributed by atoms with Crippen molar-refractivity contribution in [2.45, 2.75) is 39.7 Å². The Morgan fingerprint density at radius 2 is 1.91 bits per heavy atom. The SMILES string of the molecule is CC(=O)COCCOCCNC(=O)CCN1C(=O)C(C)CC1C. The van der Waals surface area contributed by atoms with Crippen LogP contribution in [0.5, 0.6) is 0 Å². The van der Waals surface area contributed by atoms with E-state index in [9.17, 15) is 14.4 Å². The zero-order chi connectivity index (χ0) is 17.2. The molecule has 0 saturated carbocycles. The summed E-state index contributed by atoms with van der Waals surface area (Å²) in [6.45, 7) is 7.55. The van der Waals surface area contributed by atoms with Crippen LogP contribution in [0.15, 0.2) is 0 Å². The number of carbonyl (C=O) groups excluding carboxylic acids is 3. The van der Waals surface area contributed by atoms with Gasteiger partial charge in [0.1, 0.15) is 6.61 Å². The second-order valence-electron chi connectivity index (χ2n) is 5.98. The highest BCUT2D eigenvalue weighted by Gasteiger charge is 2.33. The second-order valence-corrected chi connectivity index (χ2v) is 5.98. The number of rotatable bonds is 11. The molecule has 2 amide bonds. The molecule has 1 rings (SSSR count). The largest absolute Gasteiger partial charge is 0.377 e. The Morgan fingerprint density at radius 3 is 2.52 bits per heavy atom. The van der Waals surface area contributed by atoms with E-state index >= 15 is 0 Å². The van der Waals surface area contributed by atoms with Crippen LogP contribution >= 0.6 is 0 Å². The van der Waals surface area contributed by atoms with Gasteiger partial charge in [-0.1, -0.05) is 6.92 Å². The Morgan fingerprint density at radius 1 is 1.22 bits per heavy atom. The van der Waals surface area contributed by atoms with Crippen LogP contribution in [-0.4, -0.2) is 68.1 Å². The van der Waals surface area contributed by atoms with E-state index in [-0.39, 0.29) is 36.2 Å². The van der Waals surface area contributed by atoms with Crippen LogP contribution in [0.3, 0.4) is 0 Å². The van der Waals surface area contributed by atoms with Crippen molar-refractivity contribution in [3.8, 4) is 0 Å². The maximum Gasteiger partial charge on any atom is 0.225 e. The van der Waals surface area contributed by atoms with E-state index in [0.29, 0.717) is 39.3 Å². The van der Waals surface area contributed by atoms with Gasteiger partial charge >= 0.3 is 0 Å². The minimum Gasteiger partial charge on any atom is -0.377 e. The molecule has 7 nitrogen and oxygen atoms in total. The lowest BCUT2D eigenvalue weighted by molar-refractivity contribution is -0.132. The summed E-state index contributed by atoms with van der Waals surface area (Å²) in [7, 11) is 0. The molecule has 132 valence electrons. The molecule has 2 unspecified atom stereocenters. The lowest BCUT2D eigenvalue weighted by atomic mass is 10.1. The first-order valence-corrected chi connectivity index (χ1v) is 8.14. The Hall–Kier alpha value is -1.47. The number of nitrogens with zero attached hydrogens (tertiary/aromatic N) is 1. The molecule has 1 saturated heterocycles. The number of hydrogen-bond donors (Lipinski definition) is 1. The topological polar surface area (TPSA) is 84.9 Å². The molecule has 0 aromatic rings. The minimum atomic E-state index is -0.0824. The Kier molecular flexibility index (Phi) is 8.79. The number of amides is 2. The van der Waals surface area contributed by atoms with Crippen LogP contribution in [0.25, 0.3) is 0 Å². The molecular weight excluding hydrogens is 300 g/mol. The van der Waals surface area contributed by atoms with Gasteiger partial charge in [0, 0.05) is 31.5 Å². The fraction of sp³-hybridized carbons (Fsp3) is 0.812. The number of likely N-dealkylation sites (tertiary alicyclic amines) is 1. The summed E-state index contributed by atoms with van der Waals surface area (Å²) >= 11 is 0. The zero-order valence-electron chi connectivity index (χ0n) is 14.3. The van der Waals surface area contributed by atoms with E-state index < -0.39 is 0 Å². The van der Waals surface area contributed by atoms with Crippen LogP contribution in [0.1, 0.15) is 33.6 Å². The molecule has 1 aliphatic heterocycles. The van der Waals surface area contributed by atoms with Gasteiger partial charge in [-0.2, -0.15) is 0 Å². The number of Topliss-reactive ketones (excluding diaryl/α,β-unsaturated/α-hetero) is 1. The van der Waals surface area contributed by atoms with Crippen LogP contribution in [0.2, 0.25) is 0 Å². The predicted molar refractivity (Wildman–Crippen MR) is 84.9 cm³/mol. The lowest BCUT2D eigenvalue weighted by Gasteiger charge is -2.21. The highest BCUT2D eigenvalue weighted by Crippen LogP contribution is 2.23. The average Bonchev–Trinajstić information content (AvgIpc) is 2.72. The molecule has 0 spiro atoms. The van der Waals surface area contributed by atoms with Gasteiger partial charge in [0.2, 0.25) is 11.8 Å². The molecule has 2 atom stereocenters. The van der Waals surface area contributed by atoms with Crippen LogP contribution < -0.4 is 5.32 Å². The van der Waals surface area contributed by atoms with Gasteiger partial charge in [-0.25, -0.2) is 0 Å². The zero-order valence-corrected chi connectivity index (χ0v) is 14.3. The fourth-order valence-electron chi connectivity index (χ4n) is 2.58. The first-order valence-electron chi connectivity index (χ1n) is 8.14. The number of hydrogen-bond acceptors (Lipinski definition) is 5. The van der Waals surface area contributed by atoms with Crippen molar-refractivity contribution >= 4 is 17.6 Å². The summed E-state index contributed by atoms with van der Waals surface area (Å²) < 4.78 is 10.3. The van der Waals surface area contributed by atoms with Crippen LogP contribution in [-0.2, 0) is 23.9 Å². The molecule has 0 bridgehead atoms. The highest BCUT2D eigenvalue weighted by molar-refractivity contribution is 5.82. The summed E-state index contributed by atoms with van der Waals surface area (Å²) in [5, 5.41) is 2.76. The van der Waals surface area contributed by atoms with Crippen molar-refractivity contribution in [1.29, 1.82) is 0 Å². The van der Waals surface area contributed by atoms with Gasteiger partial charge in [0.25, 0.3) is 0 Å². The Balaban J connectivity index is 2.00. The van der Waals surface area contributed by atoms with Crippen molar-refractivity contribution in [3.05, 3.63) is 0 Å². The molecule has 23 heavy (non-hydrogen) atoms. The fourth-order valence-corrected chi connectivity index (χ4v) is 2.58. The third-order valence-electron chi connectivity index (χ3n) is 3.76. The van der Waals surface area contributed by atoms with Gasteiger partial charge in [-0.15, -0.1) is 0 Å². The average molecular weight is 328 g/mol. The minimum absolute atomic E-state index is 0.0162. The predicted octanol–water partition coefficient (Wildman–Crippen LogP) is 0.372. The van der Waals surface area contributed by atoms with Crippen molar-refractivity contribution < 1.29 is 23.9 Å². The van der Waals surface area contributed by atoms with Crippen molar-refractivity contribution in [1.82, 2.24) is 10.2 Å². The number of nitrogens with one attached hydrogen (secondary N) is 1. The first kappa shape index (κ1) is 19.6. The number of carbonyl (C=O) groups is 3. The maximum atomic E-state index is 11.9. The molecule has 1 aliphatic rings. The van der Waals surface area contributed by atoms with Crippen molar-refractivity contribution in [2.75, 3.05) is 39.5 Å². The van der Waals surface area contributed by atoms with E-state index in [1.807, 2.05) is 13.8 Å². The van der Waals surface area contributed by atoms with E-state index in [1.54, 1.807) is 4.90 Å². The molecule has 0 aromatic heterocycles. The molecule has 1 heterocycles. The van der Waals surface area contributed by atoms with Crippen LogP contribution in [0.4, 0.5) is 0 Å². The summed E-state index contributed by atoms with van der Waals surface area (Å²) in [6, 6.07) is 0.212. The molecule has 0 aromatic carbocycles. The summed E-state index contributed by atoms with van der Waals surface area (Å²) in [5.41, 5.74) is 0. The van der Waals surface area contributed by atoms with Crippen LogP contribution in [0, 0.1) is 5.92 Å². The molecule has 1 fully saturated rings. The normalized spacial score (nSPS) is 20.8. The van der Waals surface area contributed by atoms with E-state index in [1.165, 1.54) is 6.92 Å². The van der Waals surface area contributed by atoms with E-state index in [2.05, 4.69) is 5.32 Å². The van der Waals surface area contributed by atoms with Gasteiger partial charge in [0.15, 0.2) is 5.78 Å². The third-order valence-corrected chi connectivity index (χ3v) is 3.76. The molecule has 0 radical (unpaired) electrons. The third kappa shape index (κ3) is 7.56. The van der Waals surface area contributed by atoms with E-state index in [0.717, 1.165) is 6.42 Å². The maximum absolute atomic E-state index is 11.9. The molecule has 7 heteroatoms. The molecular formula is C16H28N2O5. The van der Waals surface area contributed by atoms with Gasteiger partial charge < -0.3 is 19.7 Å². The Labute approximate surface area is 137 Å². The van der Waals surface area contributed by atoms with Crippen molar-refractivity contribution in [3.63, 3.8) is 0 Å². The van der Waals surface area contributed by atoms with Gasteiger partial charge in [0.05, 0.1) is 19.8 Å². The number of ether oxygens (including phenoxy) is 2. The lowest BCUT2D eigenvalue weighted by Crippen LogP contribution is -2.36. The summed E-state index contributed by atoms with van der Waals surface area (Å²) in [4.78, 5) is 36.1. The quantitative estimate of drug-likeness (QED) is 0.554. The Bertz CT molecular complexity index is 413. The smallest absolute Gasteiger partial charge is 0.225 e. The summed E-state index contributed by atoms with van der Waals surface area (Å²) in [6.07, 6.45) is 1.17. The highest BCUT2D eigenvalue weighted by atomic mass is 16.5. The second kappa shape index (κ2) is 10.3. The van der Waals surface area contributed by atoms with Gasteiger partial charge in [-0.3, -0.25) is 14.4 Å². The number of ketones is 1. The van der Waals surface area contributed by atoms with E-state index in [4.69, 9.17) is 9.47 Å². The first-order chi connectivity index (χ1) is 10.9. The monoisotopic (exact) mass is 328 g/mol. The standard InChI is InChI=1S/C16H28N2O5/c1-12-10-13(2)18(16(12)21)6-4-15(20)17-5-7-22-8-9-23-11-14(3)19/h12-13H,4-11H2,1-3H3,(H,17,20). The van der Waals surface area contributed by atoms with Gasteiger partial charge in [-0.05, 0) is 20.3 Å². The summed E-state index contributed by atoms with van der Waals surface area (Å²) in [5.74, 6) is 0.101.